The van der Waals surface area contributed by atoms with Gasteiger partial charge in [0.2, 0.25) is 5.43 Å². The fourth-order valence-corrected chi connectivity index (χ4v) is 6.00. The van der Waals surface area contributed by atoms with E-state index in [9.17, 15) is 9.59 Å². The van der Waals surface area contributed by atoms with Crippen LogP contribution in [0.25, 0.3) is 27.4 Å². The molecule has 3 aromatic carbocycles. The molecular weight excluding hydrogens is 535 g/mol. The number of ether oxygens (including phenoxy) is 1. The number of rotatable bonds is 9. The van der Waals surface area contributed by atoms with Crippen LogP contribution < -0.4 is 20.8 Å². The van der Waals surface area contributed by atoms with E-state index in [0.717, 1.165) is 30.4 Å². The van der Waals surface area contributed by atoms with Crippen LogP contribution in [0.15, 0.2) is 72.2 Å². The molecule has 4 heterocycles. The van der Waals surface area contributed by atoms with E-state index in [1.807, 2.05) is 47.2 Å². The Morgan fingerprint density at radius 1 is 1.02 bits per heavy atom. The molecule has 0 unspecified atom stereocenters. The number of amides is 1. The van der Waals surface area contributed by atoms with Crippen molar-refractivity contribution in [2.45, 2.75) is 25.8 Å². The van der Waals surface area contributed by atoms with Crippen molar-refractivity contribution < 1.29 is 13.9 Å². The Labute approximate surface area is 241 Å². The molecule has 2 aliphatic heterocycles. The normalized spacial score (nSPS) is 14.2. The van der Waals surface area contributed by atoms with Gasteiger partial charge in [-0.1, -0.05) is 30.3 Å². The predicted octanol–water partition coefficient (Wildman–Crippen LogP) is 4.91. The van der Waals surface area contributed by atoms with E-state index in [4.69, 9.17) is 4.74 Å². The summed E-state index contributed by atoms with van der Waals surface area (Å²) in [5, 5.41) is 8.02. The molecule has 0 bridgehead atoms. The molecule has 0 saturated carbocycles. The molecule has 2 aliphatic rings. The number of fused-ring (bicyclic) bond motifs is 4. The lowest BCUT2D eigenvalue weighted by atomic mass is 10.0. The maximum Gasteiger partial charge on any atom is 0.256 e. The average molecular weight is 567 g/mol. The number of aromatic nitrogens is 3. The Kier molecular flexibility index (Phi) is 6.83. The molecule has 214 valence electrons. The summed E-state index contributed by atoms with van der Waals surface area (Å²) in [6.45, 7) is 4.45. The van der Waals surface area contributed by atoms with Gasteiger partial charge in [0.1, 0.15) is 16.8 Å². The molecule has 0 spiro atoms. The Bertz CT molecular complexity index is 1860. The van der Waals surface area contributed by atoms with Gasteiger partial charge in [-0.25, -0.2) is 9.37 Å². The Morgan fingerprint density at radius 3 is 2.71 bits per heavy atom. The SMILES string of the molecule is O=C(NCCCn1ccnc1)c1cn2c3c(c(NCCN4CCCC4)c(F)cc3c1=O)Oc1c-2ccc2ccccc12. The van der Waals surface area contributed by atoms with Crippen LogP contribution >= 0.6 is 0 Å². The predicted molar refractivity (Wildman–Crippen MR) is 160 cm³/mol. The first-order chi connectivity index (χ1) is 20.6. The van der Waals surface area contributed by atoms with Crippen LogP contribution in [0.5, 0.6) is 11.5 Å². The molecule has 0 radical (unpaired) electrons. The van der Waals surface area contributed by atoms with Gasteiger partial charge in [-0.15, -0.1) is 0 Å². The van der Waals surface area contributed by atoms with Crippen LogP contribution in [-0.2, 0) is 6.54 Å². The van der Waals surface area contributed by atoms with E-state index in [0.29, 0.717) is 43.0 Å². The third kappa shape index (κ3) is 4.67. The molecule has 1 fully saturated rings. The van der Waals surface area contributed by atoms with Crippen LogP contribution in [0.4, 0.5) is 10.1 Å². The van der Waals surface area contributed by atoms with Crippen molar-refractivity contribution in [3.63, 3.8) is 0 Å². The molecule has 0 atom stereocenters. The number of likely N-dealkylation sites (tertiary alicyclic amines) is 1. The van der Waals surface area contributed by atoms with Crippen molar-refractivity contribution in [2.75, 3.05) is 38.0 Å². The van der Waals surface area contributed by atoms with Crippen molar-refractivity contribution in [3.8, 4) is 17.2 Å². The number of pyridine rings is 1. The number of benzene rings is 3. The fourth-order valence-electron chi connectivity index (χ4n) is 6.00. The van der Waals surface area contributed by atoms with Crippen molar-refractivity contribution in [3.05, 3.63) is 89.0 Å². The molecule has 1 amide bonds. The molecule has 0 aliphatic carbocycles. The van der Waals surface area contributed by atoms with E-state index >= 15 is 4.39 Å². The van der Waals surface area contributed by atoms with Gasteiger partial charge in [-0.3, -0.25) is 9.59 Å². The summed E-state index contributed by atoms with van der Waals surface area (Å²) < 4.78 is 26.0. The zero-order valence-corrected chi connectivity index (χ0v) is 23.1. The number of hydrogen-bond donors (Lipinski definition) is 2. The largest absolute Gasteiger partial charge is 0.450 e. The summed E-state index contributed by atoms with van der Waals surface area (Å²) in [5.74, 6) is -0.297. The highest BCUT2D eigenvalue weighted by Crippen LogP contribution is 2.47. The van der Waals surface area contributed by atoms with Crippen molar-refractivity contribution in [1.29, 1.82) is 0 Å². The molecule has 5 aromatic rings. The number of hydrogen-bond acceptors (Lipinski definition) is 6. The molecular formula is C32H31FN6O3. The average Bonchev–Trinajstić information content (AvgIpc) is 3.72. The topological polar surface area (TPSA) is 93.4 Å². The molecule has 42 heavy (non-hydrogen) atoms. The standard InChI is InChI=1S/C32H31FN6O3/c33-25-18-23-28-31(27(25)35-12-17-37-13-3-4-14-37)42-30-22-7-2-1-6-21(22)8-9-26(30)39(28)19-24(29(23)40)32(41)36-10-5-15-38-16-11-34-20-38/h1-2,6-9,11,16,18-20,35H,3-5,10,12-15,17H2,(H,36,41). The van der Waals surface area contributed by atoms with Gasteiger partial charge in [-0.2, -0.15) is 0 Å². The Balaban J connectivity index is 1.29. The van der Waals surface area contributed by atoms with Gasteiger partial charge >= 0.3 is 0 Å². The third-order valence-electron chi connectivity index (χ3n) is 8.13. The van der Waals surface area contributed by atoms with Crippen molar-refractivity contribution in [2.24, 2.45) is 0 Å². The fraction of sp³-hybridized carbons (Fsp3) is 0.281. The van der Waals surface area contributed by atoms with Gasteiger partial charge < -0.3 is 29.4 Å². The number of nitrogens with one attached hydrogen (secondary N) is 2. The molecule has 9 nitrogen and oxygen atoms in total. The lowest BCUT2D eigenvalue weighted by Crippen LogP contribution is -2.31. The van der Waals surface area contributed by atoms with Crippen LogP contribution in [-0.4, -0.2) is 57.6 Å². The minimum absolute atomic E-state index is 0.0498. The number of carbonyl (C=O) groups is 1. The summed E-state index contributed by atoms with van der Waals surface area (Å²) >= 11 is 0. The summed E-state index contributed by atoms with van der Waals surface area (Å²) in [5.41, 5.74) is 0.737. The monoisotopic (exact) mass is 566 g/mol. The number of carbonyl (C=O) groups excluding carboxylic acids is 1. The number of anilines is 1. The van der Waals surface area contributed by atoms with E-state index in [1.165, 1.54) is 18.9 Å². The van der Waals surface area contributed by atoms with E-state index < -0.39 is 17.2 Å². The molecule has 2 N–H and O–H groups in total. The summed E-state index contributed by atoms with van der Waals surface area (Å²) in [4.78, 5) is 33.3. The highest BCUT2D eigenvalue weighted by atomic mass is 19.1. The Hall–Kier alpha value is -4.70. The summed E-state index contributed by atoms with van der Waals surface area (Å²) in [7, 11) is 0. The second-order valence-corrected chi connectivity index (χ2v) is 10.8. The van der Waals surface area contributed by atoms with Gasteiger partial charge in [0, 0.05) is 50.2 Å². The van der Waals surface area contributed by atoms with Gasteiger partial charge in [0.15, 0.2) is 17.3 Å². The van der Waals surface area contributed by atoms with E-state index in [2.05, 4.69) is 20.5 Å². The quantitative estimate of drug-likeness (QED) is 0.242. The molecule has 10 heteroatoms. The van der Waals surface area contributed by atoms with Crippen LogP contribution in [0.3, 0.4) is 0 Å². The van der Waals surface area contributed by atoms with Crippen LogP contribution in [0.2, 0.25) is 0 Å². The van der Waals surface area contributed by atoms with Gasteiger partial charge in [-0.05, 0) is 49.9 Å². The maximum absolute atomic E-state index is 15.8. The Morgan fingerprint density at radius 2 is 1.88 bits per heavy atom. The second-order valence-electron chi connectivity index (χ2n) is 10.8. The smallest absolute Gasteiger partial charge is 0.256 e. The second kappa shape index (κ2) is 10.9. The minimum atomic E-state index is -0.593. The van der Waals surface area contributed by atoms with Crippen molar-refractivity contribution in [1.82, 2.24) is 24.3 Å². The summed E-state index contributed by atoms with van der Waals surface area (Å²) in [6, 6.07) is 12.9. The lowest BCUT2D eigenvalue weighted by Gasteiger charge is -2.27. The number of halogens is 1. The van der Waals surface area contributed by atoms with E-state index in [-0.39, 0.29) is 22.4 Å². The van der Waals surface area contributed by atoms with Crippen LogP contribution in [0.1, 0.15) is 29.6 Å². The number of aryl methyl sites for hydroxylation is 1. The van der Waals surface area contributed by atoms with Gasteiger partial charge in [0.05, 0.1) is 17.4 Å². The zero-order chi connectivity index (χ0) is 28.6. The maximum atomic E-state index is 15.8. The first-order valence-corrected chi connectivity index (χ1v) is 14.4. The first kappa shape index (κ1) is 26.2. The zero-order valence-electron chi connectivity index (χ0n) is 23.1. The van der Waals surface area contributed by atoms with E-state index in [1.54, 1.807) is 23.3 Å². The minimum Gasteiger partial charge on any atom is -0.450 e. The first-order valence-electron chi connectivity index (χ1n) is 14.4. The lowest BCUT2D eigenvalue weighted by molar-refractivity contribution is 0.0951. The summed E-state index contributed by atoms with van der Waals surface area (Å²) in [6.07, 6.45) is 9.84. The highest BCUT2D eigenvalue weighted by molar-refractivity contribution is 6.03. The van der Waals surface area contributed by atoms with Crippen LogP contribution in [0, 0.1) is 5.82 Å². The number of imidazole rings is 1. The van der Waals surface area contributed by atoms with Crippen molar-refractivity contribution >= 4 is 33.3 Å². The molecule has 2 aromatic heterocycles. The molecule has 1 saturated heterocycles. The highest BCUT2D eigenvalue weighted by Gasteiger charge is 2.29. The molecule has 7 rings (SSSR count). The third-order valence-corrected chi connectivity index (χ3v) is 8.13. The van der Waals surface area contributed by atoms with Gasteiger partial charge in [0.25, 0.3) is 5.91 Å². The number of nitrogens with zero attached hydrogens (tertiary/aromatic N) is 4.